The zero-order valence-corrected chi connectivity index (χ0v) is 13.5. The molecule has 1 amide bonds. The lowest BCUT2D eigenvalue weighted by Crippen LogP contribution is -2.57. The van der Waals surface area contributed by atoms with Gasteiger partial charge in [0.15, 0.2) is 0 Å². The van der Waals surface area contributed by atoms with E-state index in [-0.39, 0.29) is 17.8 Å². The van der Waals surface area contributed by atoms with Crippen LogP contribution in [0.15, 0.2) is 48.5 Å². The van der Waals surface area contributed by atoms with Crippen LogP contribution in [0.2, 0.25) is 0 Å². The van der Waals surface area contributed by atoms with E-state index in [1.165, 1.54) is 38.1 Å². The fourth-order valence-corrected chi connectivity index (χ4v) is 3.84. The van der Waals surface area contributed by atoms with Crippen molar-refractivity contribution in [3.8, 4) is 11.1 Å². The van der Waals surface area contributed by atoms with E-state index in [1.807, 2.05) is 24.3 Å². The fraction of sp³-hybridized carbons (Fsp3) is 0.350. The highest BCUT2D eigenvalue weighted by Crippen LogP contribution is 2.28. The Morgan fingerprint density at radius 1 is 0.958 bits per heavy atom. The summed E-state index contributed by atoms with van der Waals surface area (Å²) in [6, 6.07) is 14.2. The predicted molar refractivity (Wildman–Crippen MR) is 92.3 cm³/mol. The van der Waals surface area contributed by atoms with Crippen LogP contribution in [-0.4, -0.2) is 36.5 Å². The molecule has 0 aromatic heterocycles. The number of carbonyl (C=O) groups is 1. The van der Waals surface area contributed by atoms with Gasteiger partial charge in [-0.25, -0.2) is 4.39 Å². The predicted octanol–water partition coefficient (Wildman–Crippen LogP) is 3.32. The highest BCUT2D eigenvalue weighted by Gasteiger charge is 2.34. The summed E-state index contributed by atoms with van der Waals surface area (Å²) in [5.41, 5.74) is 2.60. The van der Waals surface area contributed by atoms with Gasteiger partial charge in [-0.05, 0) is 67.2 Å². The molecule has 2 aromatic carbocycles. The Morgan fingerprint density at radius 2 is 1.54 bits per heavy atom. The van der Waals surface area contributed by atoms with Gasteiger partial charge in [-0.1, -0.05) is 24.3 Å². The first-order valence-corrected chi connectivity index (χ1v) is 8.58. The number of hydrogen-bond donors (Lipinski definition) is 1. The van der Waals surface area contributed by atoms with Gasteiger partial charge in [0.2, 0.25) is 0 Å². The number of benzene rings is 2. The lowest BCUT2D eigenvalue weighted by atomic mass is 9.84. The molecule has 5 rings (SSSR count). The van der Waals surface area contributed by atoms with Crippen molar-refractivity contribution >= 4 is 5.91 Å². The molecule has 3 fully saturated rings. The maximum absolute atomic E-state index is 13.0. The quantitative estimate of drug-likeness (QED) is 0.939. The fourth-order valence-electron chi connectivity index (χ4n) is 3.84. The minimum absolute atomic E-state index is 0.000550. The average Bonchev–Trinajstić information content (AvgIpc) is 2.63. The van der Waals surface area contributed by atoms with E-state index in [1.54, 1.807) is 12.1 Å². The van der Waals surface area contributed by atoms with Crippen molar-refractivity contribution in [3.05, 3.63) is 59.9 Å². The number of nitrogens with one attached hydrogen (secondary N) is 1. The Balaban J connectivity index is 1.44. The number of fused-ring (bicyclic) bond motifs is 3. The van der Waals surface area contributed by atoms with Crippen molar-refractivity contribution in [3.63, 3.8) is 0 Å². The summed E-state index contributed by atoms with van der Waals surface area (Å²) < 4.78 is 13.0. The Bertz CT molecular complexity index is 718. The van der Waals surface area contributed by atoms with Crippen LogP contribution in [-0.2, 0) is 0 Å². The van der Waals surface area contributed by atoms with Crippen molar-refractivity contribution in [1.82, 2.24) is 10.2 Å². The third-order valence-corrected chi connectivity index (χ3v) is 5.30. The molecule has 124 valence electrons. The summed E-state index contributed by atoms with van der Waals surface area (Å²) in [5.74, 6) is 0.379. The van der Waals surface area contributed by atoms with E-state index < -0.39 is 0 Å². The van der Waals surface area contributed by atoms with Crippen LogP contribution in [0, 0.1) is 11.7 Å². The van der Waals surface area contributed by atoms with Crippen molar-refractivity contribution in [2.75, 3.05) is 19.6 Å². The van der Waals surface area contributed by atoms with Gasteiger partial charge in [0.25, 0.3) is 5.91 Å². The third kappa shape index (κ3) is 3.06. The van der Waals surface area contributed by atoms with Gasteiger partial charge in [-0.15, -0.1) is 0 Å². The van der Waals surface area contributed by atoms with Crippen molar-refractivity contribution in [2.24, 2.45) is 5.92 Å². The molecule has 4 heteroatoms. The smallest absolute Gasteiger partial charge is 0.251 e. The van der Waals surface area contributed by atoms with Gasteiger partial charge < -0.3 is 10.2 Å². The Kier molecular flexibility index (Phi) is 4.07. The van der Waals surface area contributed by atoms with Gasteiger partial charge in [-0.3, -0.25) is 4.79 Å². The number of piperidine rings is 3. The number of rotatable bonds is 3. The van der Waals surface area contributed by atoms with Crippen molar-refractivity contribution in [1.29, 1.82) is 0 Å². The van der Waals surface area contributed by atoms with Gasteiger partial charge in [0.1, 0.15) is 5.82 Å². The molecule has 24 heavy (non-hydrogen) atoms. The van der Waals surface area contributed by atoms with E-state index in [2.05, 4.69) is 10.2 Å². The lowest BCUT2D eigenvalue weighted by molar-refractivity contribution is 0.0620. The first kappa shape index (κ1) is 15.3. The van der Waals surface area contributed by atoms with Crippen LogP contribution in [0.1, 0.15) is 23.2 Å². The zero-order chi connectivity index (χ0) is 16.5. The summed E-state index contributed by atoms with van der Waals surface area (Å²) in [5, 5.41) is 3.20. The highest BCUT2D eigenvalue weighted by molar-refractivity contribution is 5.94. The van der Waals surface area contributed by atoms with Crippen LogP contribution >= 0.6 is 0 Å². The van der Waals surface area contributed by atoms with E-state index in [0.29, 0.717) is 11.5 Å². The maximum atomic E-state index is 13.0. The summed E-state index contributed by atoms with van der Waals surface area (Å²) in [6.45, 7) is 3.32. The standard InChI is InChI=1S/C20H21FN2O/c21-18-7-5-15(6-8-18)14-1-3-17(4-2-14)20(24)22-19-13-23-11-9-16(19)10-12-23/h1-8,16,19H,9-13H2,(H,22,24)/t19-/m0/s1. The number of carbonyl (C=O) groups excluding carboxylic acids is 1. The Labute approximate surface area is 141 Å². The number of halogens is 1. The second kappa shape index (κ2) is 6.36. The second-order valence-electron chi connectivity index (χ2n) is 6.80. The summed E-state index contributed by atoms with van der Waals surface area (Å²) in [4.78, 5) is 14.9. The molecule has 1 atom stereocenters. The largest absolute Gasteiger partial charge is 0.348 e. The topological polar surface area (TPSA) is 32.3 Å². The molecule has 3 aliphatic heterocycles. The molecular formula is C20H21FN2O. The average molecular weight is 324 g/mol. The second-order valence-corrected chi connectivity index (χ2v) is 6.80. The molecule has 3 nitrogen and oxygen atoms in total. The molecule has 0 unspecified atom stereocenters. The molecule has 3 aliphatic rings. The SMILES string of the molecule is O=C(N[C@H]1CN2CCC1CC2)c1ccc(-c2ccc(F)cc2)cc1. The molecule has 3 saturated heterocycles. The van der Waals surface area contributed by atoms with E-state index in [0.717, 1.165) is 17.7 Å². The van der Waals surface area contributed by atoms with Gasteiger partial charge >= 0.3 is 0 Å². The zero-order valence-electron chi connectivity index (χ0n) is 13.5. The van der Waals surface area contributed by atoms with Crippen LogP contribution in [0.3, 0.4) is 0 Å². The Hall–Kier alpha value is -2.20. The lowest BCUT2D eigenvalue weighted by Gasteiger charge is -2.44. The normalized spacial score (nSPS) is 25.5. The van der Waals surface area contributed by atoms with E-state index >= 15 is 0 Å². The minimum Gasteiger partial charge on any atom is -0.348 e. The monoisotopic (exact) mass is 324 g/mol. The molecule has 2 aromatic rings. The number of nitrogens with zero attached hydrogens (tertiary/aromatic N) is 1. The van der Waals surface area contributed by atoms with Crippen molar-refractivity contribution in [2.45, 2.75) is 18.9 Å². The molecule has 0 aliphatic carbocycles. The summed E-state index contributed by atoms with van der Waals surface area (Å²) in [7, 11) is 0. The van der Waals surface area contributed by atoms with Gasteiger partial charge in [0, 0.05) is 18.2 Å². The first-order valence-electron chi connectivity index (χ1n) is 8.58. The van der Waals surface area contributed by atoms with Crippen LogP contribution in [0.25, 0.3) is 11.1 Å². The summed E-state index contributed by atoms with van der Waals surface area (Å²) >= 11 is 0. The Morgan fingerprint density at radius 3 is 2.08 bits per heavy atom. The van der Waals surface area contributed by atoms with E-state index in [9.17, 15) is 9.18 Å². The molecule has 0 spiro atoms. The van der Waals surface area contributed by atoms with Gasteiger partial charge in [0.05, 0.1) is 0 Å². The third-order valence-electron chi connectivity index (χ3n) is 5.30. The number of amides is 1. The number of hydrogen-bond acceptors (Lipinski definition) is 2. The van der Waals surface area contributed by atoms with Crippen LogP contribution < -0.4 is 5.32 Å². The summed E-state index contributed by atoms with van der Waals surface area (Å²) in [6.07, 6.45) is 2.38. The van der Waals surface area contributed by atoms with E-state index in [4.69, 9.17) is 0 Å². The van der Waals surface area contributed by atoms with Crippen molar-refractivity contribution < 1.29 is 9.18 Å². The van der Waals surface area contributed by atoms with Crippen LogP contribution in [0.4, 0.5) is 4.39 Å². The molecule has 2 bridgehead atoms. The molecular weight excluding hydrogens is 303 g/mol. The maximum Gasteiger partial charge on any atom is 0.251 e. The molecule has 3 heterocycles. The molecule has 1 N–H and O–H groups in total. The van der Waals surface area contributed by atoms with Gasteiger partial charge in [-0.2, -0.15) is 0 Å². The molecule has 0 saturated carbocycles. The van der Waals surface area contributed by atoms with Crippen LogP contribution in [0.5, 0.6) is 0 Å². The first-order chi connectivity index (χ1) is 11.7. The molecule has 0 radical (unpaired) electrons. The highest BCUT2D eigenvalue weighted by atomic mass is 19.1. The minimum atomic E-state index is -0.243.